The van der Waals surface area contributed by atoms with Gasteiger partial charge in [0.2, 0.25) is 0 Å². The van der Waals surface area contributed by atoms with Crippen LogP contribution in [0.2, 0.25) is 0 Å². The molecule has 1 aliphatic rings. The van der Waals surface area contributed by atoms with Gasteiger partial charge in [0.05, 0.1) is 6.10 Å². The van der Waals surface area contributed by atoms with E-state index in [0.29, 0.717) is 6.54 Å². The van der Waals surface area contributed by atoms with Crippen molar-refractivity contribution in [1.82, 2.24) is 4.90 Å². The third kappa shape index (κ3) is 2.36. The fourth-order valence-electron chi connectivity index (χ4n) is 2.02. The van der Waals surface area contributed by atoms with Crippen molar-refractivity contribution in [2.75, 3.05) is 13.1 Å². The second-order valence-electron chi connectivity index (χ2n) is 4.20. The van der Waals surface area contributed by atoms with Gasteiger partial charge in [-0.2, -0.15) is 0 Å². The Balaban J connectivity index is 2.07. The third-order valence-electron chi connectivity index (χ3n) is 3.02. The minimum absolute atomic E-state index is 0.146. The molecule has 1 N–H and O–H groups in total. The second-order valence-corrected chi connectivity index (χ2v) is 4.20. The molecular weight excluding hydrogens is 193 g/mol. The monoisotopic (exact) mass is 209 g/mol. The van der Waals surface area contributed by atoms with Crippen LogP contribution in [0, 0.1) is 12.7 Å². The van der Waals surface area contributed by atoms with Crippen LogP contribution in [-0.4, -0.2) is 29.2 Å². The summed E-state index contributed by atoms with van der Waals surface area (Å²) in [6.45, 7) is 4.14. The maximum absolute atomic E-state index is 13.3. The molecule has 1 atom stereocenters. The second kappa shape index (κ2) is 4.29. The van der Waals surface area contributed by atoms with Crippen molar-refractivity contribution in [3.63, 3.8) is 0 Å². The van der Waals surface area contributed by atoms with Crippen LogP contribution in [0.25, 0.3) is 0 Å². The first kappa shape index (κ1) is 10.6. The highest BCUT2D eigenvalue weighted by atomic mass is 19.1. The molecule has 1 aliphatic heterocycles. The van der Waals surface area contributed by atoms with Crippen LogP contribution in [0.15, 0.2) is 18.2 Å². The summed E-state index contributed by atoms with van der Waals surface area (Å²) < 4.78 is 13.3. The van der Waals surface area contributed by atoms with E-state index in [9.17, 15) is 9.50 Å². The molecular formula is C12H16FNO. The van der Waals surface area contributed by atoms with Crippen LogP contribution >= 0.6 is 0 Å². The van der Waals surface area contributed by atoms with Crippen molar-refractivity contribution >= 4 is 0 Å². The van der Waals surface area contributed by atoms with E-state index in [2.05, 4.69) is 4.90 Å². The lowest BCUT2D eigenvalue weighted by Crippen LogP contribution is -2.22. The first-order chi connectivity index (χ1) is 7.16. The van der Waals surface area contributed by atoms with E-state index in [0.717, 1.165) is 30.6 Å². The first-order valence-corrected chi connectivity index (χ1v) is 5.31. The number of hydrogen-bond acceptors (Lipinski definition) is 2. The Kier molecular flexibility index (Phi) is 3.03. The Hall–Kier alpha value is -0.930. The number of nitrogens with zero attached hydrogens (tertiary/aromatic N) is 1. The van der Waals surface area contributed by atoms with Crippen molar-refractivity contribution in [1.29, 1.82) is 0 Å². The molecule has 1 unspecified atom stereocenters. The largest absolute Gasteiger partial charge is 0.392 e. The average molecular weight is 209 g/mol. The van der Waals surface area contributed by atoms with Gasteiger partial charge < -0.3 is 5.11 Å². The molecule has 0 radical (unpaired) electrons. The lowest BCUT2D eigenvalue weighted by atomic mass is 10.1. The van der Waals surface area contributed by atoms with Gasteiger partial charge in [0.25, 0.3) is 0 Å². The van der Waals surface area contributed by atoms with Gasteiger partial charge in [0, 0.05) is 19.6 Å². The number of rotatable bonds is 2. The molecule has 0 bridgehead atoms. The van der Waals surface area contributed by atoms with Gasteiger partial charge in [0.15, 0.2) is 0 Å². The first-order valence-electron chi connectivity index (χ1n) is 5.31. The molecule has 2 nitrogen and oxygen atoms in total. The third-order valence-corrected chi connectivity index (χ3v) is 3.02. The van der Waals surface area contributed by atoms with Gasteiger partial charge in [-0.25, -0.2) is 4.39 Å². The van der Waals surface area contributed by atoms with Gasteiger partial charge >= 0.3 is 0 Å². The SMILES string of the molecule is Cc1c(F)cccc1CN1CCC(O)C1. The molecule has 0 amide bonds. The summed E-state index contributed by atoms with van der Waals surface area (Å²) in [7, 11) is 0. The highest BCUT2D eigenvalue weighted by Gasteiger charge is 2.20. The van der Waals surface area contributed by atoms with Crippen LogP contribution in [0.1, 0.15) is 17.5 Å². The van der Waals surface area contributed by atoms with E-state index >= 15 is 0 Å². The van der Waals surface area contributed by atoms with Gasteiger partial charge in [0.1, 0.15) is 5.82 Å². The predicted molar refractivity (Wildman–Crippen MR) is 57.0 cm³/mol. The van der Waals surface area contributed by atoms with Crippen molar-refractivity contribution in [2.45, 2.75) is 26.0 Å². The fraction of sp³-hybridized carbons (Fsp3) is 0.500. The number of likely N-dealkylation sites (tertiary alicyclic amines) is 1. The molecule has 0 spiro atoms. The highest BCUT2D eigenvalue weighted by molar-refractivity contribution is 5.27. The molecule has 1 heterocycles. The maximum atomic E-state index is 13.3. The van der Waals surface area contributed by atoms with Crippen LogP contribution in [0.3, 0.4) is 0 Å². The van der Waals surface area contributed by atoms with Crippen LogP contribution in [-0.2, 0) is 6.54 Å². The van der Waals surface area contributed by atoms with Crippen LogP contribution in [0.4, 0.5) is 4.39 Å². The molecule has 2 rings (SSSR count). The summed E-state index contributed by atoms with van der Waals surface area (Å²) in [5, 5.41) is 9.39. The van der Waals surface area contributed by atoms with E-state index in [-0.39, 0.29) is 11.9 Å². The Morgan fingerprint density at radius 3 is 3.00 bits per heavy atom. The highest BCUT2D eigenvalue weighted by Crippen LogP contribution is 2.17. The van der Waals surface area contributed by atoms with E-state index in [4.69, 9.17) is 0 Å². The van der Waals surface area contributed by atoms with E-state index in [1.54, 1.807) is 13.0 Å². The van der Waals surface area contributed by atoms with Crippen molar-refractivity contribution in [3.8, 4) is 0 Å². The van der Waals surface area contributed by atoms with Gasteiger partial charge in [-0.3, -0.25) is 4.90 Å². The summed E-state index contributed by atoms with van der Waals surface area (Å²) >= 11 is 0. The minimum Gasteiger partial charge on any atom is -0.392 e. The number of halogens is 1. The van der Waals surface area contributed by atoms with Crippen molar-refractivity contribution in [3.05, 3.63) is 35.1 Å². The summed E-state index contributed by atoms with van der Waals surface area (Å²) in [5.41, 5.74) is 1.74. The summed E-state index contributed by atoms with van der Waals surface area (Å²) in [6, 6.07) is 5.17. The summed E-state index contributed by atoms with van der Waals surface area (Å²) in [5.74, 6) is -0.146. The molecule has 82 valence electrons. The Labute approximate surface area is 89.3 Å². The lowest BCUT2D eigenvalue weighted by molar-refractivity contribution is 0.174. The summed E-state index contributed by atoms with van der Waals surface area (Å²) in [6.07, 6.45) is 0.618. The molecule has 15 heavy (non-hydrogen) atoms. The number of aliphatic hydroxyl groups excluding tert-OH is 1. The van der Waals surface area contributed by atoms with Crippen LogP contribution in [0.5, 0.6) is 0 Å². The van der Waals surface area contributed by atoms with Gasteiger partial charge in [-0.15, -0.1) is 0 Å². The van der Waals surface area contributed by atoms with Crippen LogP contribution < -0.4 is 0 Å². The molecule has 1 aromatic rings. The normalized spacial score (nSPS) is 22.2. The number of hydrogen-bond donors (Lipinski definition) is 1. The summed E-state index contributed by atoms with van der Waals surface area (Å²) in [4.78, 5) is 2.16. The van der Waals surface area contributed by atoms with E-state index < -0.39 is 0 Å². The fourth-order valence-corrected chi connectivity index (χ4v) is 2.02. The van der Waals surface area contributed by atoms with Crippen molar-refractivity contribution in [2.24, 2.45) is 0 Å². The smallest absolute Gasteiger partial charge is 0.126 e. The average Bonchev–Trinajstić information content (AvgIpc) is 2.59. The Morgan fingerprint density at radius 2 is 2.33 bits per heavy atom. The van der Waals surface area contributed by atoms with Gasteiger partial charge in [-0.1, -0.05) is 12.1 Å². The standard InChI is InChI=1S/C12H16FNO/c1-9-10(3-2-4-12(9)13)7-14-6-5-11(15)8-14/h2-4,11,15H,5-8H2,1H3. The number of β-amino-alcohol motifs (C(OH)–C–C–N with tert-alkyl or cyclic N) is 1. The molecule has 1 fully saturated rings. The van der Waals surface area contributed by atoms with E-state index in [1.807, 2.05) is 6.07 Å². The zero-order valence-corrected chi connectivity index (χ0v) is 8.91. The number of aliphatic hydroxyl groups is 1. The molecule has 0 saturated carbocycles. The molecule has 1 aromatic carbocycles. The molecule has 0 aliphatic carbocycles. The van der Waals surface area contributed by atoms with Gasteiger partial charge in [-0.05, 0) is 30.5 Å². The quantitative estimate of drug-likeness (QED) is 0.801. The Bertz CT molecular complexity index is 353. The lowest BCUT2D eigenvalue weighted by Gasteiger charge is -2.16. The van der Waals surface area contributed by atoms with Crippen molar-refractivity contribution < 1.29 is 9.50 Å². The Morgan fingerprint density at radius 1 is 1.53 bits per heavy atom. The molecule has 0 aromatic heterocycles. The minimum atomic E-state index is -0.209. The molecule has 1 saturated heterocycles. The number of benzene rings is 1. The van der Waals surface area contributed by atoms with E-state index in [1.165, 1.54) is 6.07 Å². The zero-order chi connectivity index (χ0) is 10.8. The predicted octanol–water partition coefficient (Wildman–Crippen LogP) is 1.70. The topological polar surface area (TPSA) is 23.5 Å². The zero-order valence-electron chi connectivity index (χ0n) is 8.91. The maximum Gasteiger partial charge on any atom is 0.126 e. The molecule has 3 heteroatoms.